The van der Waals surface area contributed by atoms with Gasteiger partial charge in [0.2, 0.25) is 11.2 Å². The Morgan fingerprint density at radius 1 is 1.29 bits per heavy atom. The van der Waals surface area contributed by atoms with E-state index in [2.05, 4.69) is 20.3 Å². The lowest BCUT2D eigenvalue weighted by molar-refractivity contribution is 0.210. The molecule has 1 rings (SSSR count). The molecule has 0 bridgehead atoms. The van der Waals surface area contributed by atoms with Crippen molar-refractivity contribution in [3.63, 3.8) is 0 Å². The van der Waals surface area contributed by atoms with Crippen LogP contribution in [0.5, 0.6) is 6.01 Å². The van der Waals surface area contributed by atoms with Gasteiger partial charge in [-0.3, -0.25) is 0 Å². The van der Waals surface area contributed by atoms with Crippen LogP contribution in [0.15, 0.2) is 0 Å². The molecule has 0 saturated heterocycles. The summed E-state index contributed by atoms with van der Waals surface area (Å²) in [5.74, 6) is 0.374. The lowest BCUT2D eigenvalue weighted by Crippen LogP contribution is -2.11. The summed E-state index contributed by atoms with van der Waals surface area (Å²) in [6.45, 7) is 1.16. The van der Waals surface area contributed by atoms with E-state index in [0.717, 1.165) is 0 Å². The number of rotatable bonds is 5. The van der Waals surface area contributed by atoms with E-state index >= 15 is 0 Å². The summed E-state index contributed by atoms with van der Waals surface area (Å²) in [6, 6.07) is 0.185. The summed E-state index contributed by atoms with van der Waals surface area (Å²) in [4.78, 5) is 11.5. The van der Waals surface area contributed by atoms with Crippen molar-refractivity contribution in [3.05, 3.63) is 5.28 Å². The molecule has 1 aromatic heterocycles. The summed E-state index contributed by atoms with van der Waals surface area (Å²) in [5.41, 5.74) is 0. The maximum Gasteiger partial charge on any atom is 0.322 e. The summed E-state index contributed by atoms with van der Waals surface area (Å²) in [7, 11) is 3.08. The van der Waals surface area contributed by atoms with Crippen molar-refractivity contribution in [2.75, 3.05) is 32.7 Å². The minimum Gasteiger partial charge on any atom is -0.467 e. The van der Waals surface area contributed by atoms with E-state index in [4.69, 9.17) is 21.1 Å². The van der Waals surface area contributed by atoms with E-state index in [0.29, 0.717) is 19.1 Å². The number of nitrogens with zero attached hydrogens (tertiary/aromatic N) is 3. The first kappa shape index (κ1) is 10.9. The first-order valence-electron chi connectivity index (χ1n) is 3.94. The molecule has 78 valence electrons. The van der Waals surface area contributed by atoms with Gasteiger partial charge in [0.25, 0.3) is 0 Å². The Balaban J connectivity index is 2.62. The molecule has 14 heavy (non-hydrogen) atoms. The van der Waals surface area contributed by atoms with Crippen LogP contribution >= 0.6 is 11.6 Å². The molecule has 0 saturated carbocycles. The molecule has 0 aliphatic heterocycles. The van der Waals surface area contributed by atoms with Gasteiger partial charge in [-0.05, 0) is 11.6 Å². The molecule has 0 atom stereocenters. The molecule has 0 spiro atoms. The zero-order valence-electron chi connectivity index (χ0n) is 7.95. The Morgan fingerprint density at radius 2 is 2.07 bits per heavy atom. The van der Waals surface area contributed by atoms with Gasteiger partial charge in [0.05, 0.1) is 13.7 Å². The number of anilines is 1. The quantitative estimate of drug-likeness (QED) is 0.730. The molecule has 1 N–H and O–H groups in total. The third-order valence-electron chi connectivity index (χ3n) is 1.36. The van der Waals surface area contributed by atoms with Gasteiger partial charge in [-0.25, -0.2) is 0 Å². The third kappa shape index (κ3) is 3.31. The van der Waals surface area contributed by atoms with Crippen LogP contribution in [0.3, 0.4) is 0 Å². The highest BCUT2D eigenvalue weighted by atomic mass is 35.5. The van der Waals surface area contributed by atoms with Crippen LogP contribution in [0, 0.1) is 0 Å². The molecular formula is C7H11ClN4O2. The number of halogens is 1. The maximum atomic E-state index is 5.63. The molecule has 0 amide bonds. The fourth-order valence-electron chi connectivity index (χ4n) is 0.767. The molecule has 0 aromatic carbocycles. The molecule has 0 fully saturated rings. The number of methoxy groups -OCH3 is 2. The van der Waals surface area contributed by atoms with Crippen molar-refractivity contribution in [1.82, 2.24) is 15.0 Å². The Kier molecular flexibility index (Phi) is 4.34. The lowest BCUT2D eigenvalue weighted by Gasteiger charge is -2.04. The summed E-state index contributed by atoms with van der Waals surface area (Å²) in [6.07, 6.45) is 0. The average Bonchev–Trinajstić information content (AvgIpc) is 2.17. The molecule has 0 unspecified atom stereocenters. The topological polar surface area (TPSA) is 69.2 Å². The minimum atomic E-state index is 0.0942. The van der Waals surface area contributed by atoms with Gasteiger partial charge >= 0.3 is 6.01 Å². The zero-order valence-corrected chi connectivity index (χ0v) is 8.71. The standard InChI is InChI=1S/C7H11ClN4O2/c1-13-4-3-9-6-10-5(8)11-7(12-6)14-2/h3-4H2,1-2H3,(H,9,10,11,12). The van der Waals surface area contributed by atoms with E-state index in [1.807, 2.05) is 0 Å². The van der Waals surface area contributed by atoms with Gasteiger partial charge in [-0.2, -0.15) is 15.0 Å². The van der Waals surface area contributed by atoms with E-state index in [1.165, 1.54) is 7.11 Å². The fourth-order valence-corrected chi connectivity index (χ4v) is 0.920. The first-order valence-corrected chi connectivity index (χ1v) is 4.32. The van der Waals surface area contributed by atoms with Crippen LogP contribution in [-0.2, 0) is 4.74 Å². The van der Waals surface area contributed by atoms with Gasteiger partial charge in [0, 0.05) is 13.7 Å². The van der Waals surface area contributed by atoms with Crippen LogP contribution in [0.1, 0.15) is 0 Å². The highest BCUT2D eigenvalue weighted by molar-refractivity contribution is 6.28. The predicted molar refractivity (Wildman–Crippen MR) is 51.8 cm³/mol. The Bertz CT molecular complexity index is 297. The molecule has 0 aliphatic rings. The first-order chi connectivity index (χ1) is 6.76. The van der Waals surface area contributed by atoms with Crippen LogP contribution in [0.25, 0.3) is 0 Å². The maximum absolute atomic E-state index is 5.63. The molecule has 7 heteroatoms. The van der Waals surface area contributed by atoms with Crippen molar-refractivity contribution in [2.45, 2.75) is 0 Å². The smallest absolute Gasteiger partial charge is 0.322 e. The van der Waals surface area contributed by atoms with E-state index in [-0.39, 0.29) is 11.3 Å². The van der Waals surface area contributed by atoms with Crippen LogP contribution in [0.4, 0.5) is 5.95 Å². The third-order valence-corrected chi connectivity index (χ3v) is 1.53. The van der Waals surface area contributed by atoms with Crippen molar-refractivity contribution < 1.29 is 9.47 Å². The van der Waals surface area contributed by atoms with Gasteiger partial charge < -0.3 is 14.8 Å². The number of ether oxygens (including phenoxy) is 2. The summed E-state index contributed by atoms with van der Waals surface area (Å²) >= 11 is 5.63. The Morgan fingerprint density at radius 3 is 2.71 bits per heavy atom. The number of hydrogen-bond acceptors (Lipinski definition) is 6. The molecule has 0 radical (unpaired) electrons. The molecule has 1 aromatic rings. The summed E-state index contributed by atoms with van der Waals surface area (Å²) < 4.78 is 9.68. The Hall–Kier alpha value is -1.14. The van der Waals surface area contributed by atoms with Gasteiger partial charge in [-0.1, -0.05) is 0 Å². The monoisotopic (exact) mass is 218 g/mol. The Labute approximate surface area is 86.6 Å². The fraction of sp³-hybridized carbons (Fsp3) is 0.571. The zero-order chi connectivity index (χ0) is 10.4. The lowest BCUT2D eigenvalue weighted by atomic mass is 10.7. The molecule has 0 aliphatic carbocycles. The van der Waals surface area contributed by atoms with Crippen LogP contribution in [-0.4, -0.2) is 42.3 Å². The normalized spacial score (nSPS) is 9.93. The second-order valence-electron chi connectivity index (χ2n) is 2.33. The number of nitrogens with one attached hydrogen (secondary N) is 1. The van der Waals surface area contributed by atoms with E-state index in [1.54, 1.807) is 7.11 Å². The molecule has 1 heterocycles. The van der Waals surface area contributed by atoms with Crippen molar-refractivity contribution in [2.24, 2.45) is 0 Å². The minimum absolute atomic E-state index is 0.0942. The van der Waals surface area contributed by atoms with Gasteiger partial charge in [0.15, 0.2) is 0 Å². The summed E-state index contributed by atoms with van der Waals surface area (Å²) in [5, 5.41) is 3.00. The highest BCUT2D eigenvalue weighted by Gasteiger charge is 2.03. The predicted octanol–water partition coefficient (Wildman–Crippen LogP) is 0.592. The largest absolute Gasteiger partial charge is 0.467 e. The second-order valence-corrected chi connectivity index (χ2v) is 2.67. The molecule has 6 nitrogen and oxygen atoms in total. The van der Waals surface area contributed by atoms with Gasteiger partial charge in [-0.15, -0.1) is 0 Å². The van der Waals surface area contributed by atoms with Crippen LogP contribution < -0.4 is 10.1 Å². The SMILES string of the molecule is COCCNc1nc(Cl)nc(OC)n1. The number of aromatic nitrogens is 3. The van der Waals surface area contributed by atoms with Crippen molar-refractivity contribution >= 4 is 17.5 Å². The average molecular weight is 219 g/mol. The van der Waals surface area contributed by atoms with Gasteiger partial charge in [0.1, 0.15) is 0 Å². The second kappa shape index (κ2) is 5.56. The van der Waals surface area contributed by atoms with Crippen molar-refractivity contribution in [3.8, 4) is 6.01 Å². The highest BCUT2D eigenvalue weighted by Crippen LogP contribution is 2.10. The number of hydrogen-bond donors (Lipinski definition) is 1. The van der Waals surface area contributed by atoms with E-state index in [9.17, 15) is 0 Å². The van der Waals surface area contributed by atoms with Crippen LogP contribution in [0.2, 0.25) is 5.28 Å². The molecular weight excluding hydrogens is 208 g/mol. The van der Waals surface area contributed by atoms with Crippen molar-refractivity contribution in [1.29, 1.82) is 0 Å². The van der Waals surface area contributed by atoms with E-state index < -0.39 is 0 Å².